The SMILES string of the molecule is COc1c(F)ccc(F)c1CCCC(=O)O. The van der Waals surface area contributed by atoms with Gasteiger partial charge < -0.3 is 9.84 Å². The monoisotopic (exact) mass is 230 g/mol. The molecule has 0 unspecified atom stereocenters. The molecule has 5 heteroatoms. The fourth-order valence-electron chi connectivity index (χ4n) is 1.45. The Bertz CT molecular complexity index is 391. The van der Waals surface area contributed by atoms with Crippen LogP contribution in [0.25, 0.3) is 0 Å². The summed E-state index contributed by atoms with van der Waals surface area (Å²) in [6, 6.07) is 1.99. The van der Waals surface area contributed by atoms with Crippen molar-refractivity contribution in [1.29, 1.82) is 0 Å². The number of methoxy groups -OCH3 is 1. The molecule has 0 aromatic heterocycles. The lowest BCUT2D eigenvalue weighted by molar-refractivity contribution is -0.137. The van der Waals surface area contributed by atoms with Crippen molar-refractivity contribution in [3.63, 3.8) is 0 Å². The highest BCUT2D eigenvalue weighted by atomic mass is 19.1. The van der Waals surface area contributed by atoms with Gasteiger partial charge in [-0.2, -0.15) is 0 Å². The van der Waals surface area contributed by atoms with Crippen LogP contribution in [-0.2, 0) is 11.2 Å². The molecular weight excluding hydrogens is 218 g/mol. The normalized spacial score (nSPS) is 10.2. The predicted octanol–water partition coefficient (Wildman–Crippen LogP) is 2.38. The lowest BCUT2D eigenvalue weighted by atomic mass is 10.1. The molecule has 88 valence electrons. The minimum absolute atomic E-state index is 0.0842. The maximum absolute atomic E-state index is 13.3. The minimum Gasteiger partial charge on any atom is -0.493 e. The Balaban J connectivity index is 2.84. The van der Waals surface area contributed by atoms with E-state index in [1.54, 1.807) is 0 Å². The van der Waals surface area contributed by atoms with Crippen LogP contribution in [0.15, 0.2) is 12.1 Å². The number of carbonyl (C=O) groups is 1. The van der Waals surface area contributed by atoms with Crippen molar-refractivity contribution in [3.05, 3.63) is 29.3 Å². The van der Waals surface area contributed by atoms with E-state index in [1.807, 2.05) is 0 Å². The maximum Gasteiger partial charge on any atom is 0.303 e. The summed E-state index contributed by atoms with van der Waals surface area (Å²) in [6.07, 6.45) is 0.296. The third-order valence-electron chi connectivity index (χ3n) is 2.18. The summed E-state index contributed by atoms with van der Waals surface area (Å²) in [6.45, 7) is 0. The molecule has 0 radical (unpaired) electrons. The van der Waals surface area contributed by atoms with Gasteiger partial charge in [0.05, 0.1) is 7.11 Å². The second kappa shape index (κ2) is 5.44. The topological polar surface area (TPSA) is 46.5 Å². The zero-order valence-corrected chi connectivity index (χ0v) is 8.80. The summed E-state index contributed by atoms with van der Waals surface area (Å²) < 4.78 is 31.3. The molecule has 1 aromatic carbocycles. The van der Waals surface area contributed by atoms with E-state index in [1.165, 1.54) is 7.11 Å². The first-order valence-electron chi connectivity index (χ1n) is 4.79. The Labute approximate surface area is 91.7 Å². The second-order valence-electron chi connectivity index (χ2n) is 3.29. The quantitative estimate of drug-likeness (QED) is 0.844. The molecule has 0 amide bonds. The van der Waals surface area contributed by atoms with Crippen LogP contribution in [0.4, 0.5) is 8.78 Å². The Morgan fingerprint density at radius 1 is 1.38 bits per heavy atom. The van der Waals surface area contributed by atoms with E-state index in [4.69, 9.17) is 9.84 Å². The summed E-state index contributed by atoms with van der Waals surface area (Å²) >= 11 is 0. The highest BCUT2D eigenvalue weighted by Gasteiger charge is 2.14. The lowest BCUT2D eigenvalue weighted by Gasteiger charge is -2.09. The molecular formula is C11H12F2O3. The van der Waals surface area contributed by atoms with Crippen LogP contribution in [0.3, 0.4) is 0 Å². The van der Waals surface area contributed by atoms with Gasteiger partial charge in [0.1, 0.15) is 5.82 Å². The molecule has 1 N–H and O–H groups in total. The fraction of sp³-hybridized carbons (Fsp3) is 0.364. The van der Waals surface area contributed by atoms with Gasteiger partial charge in [0.2, 0.25) is 0 Å². The van der Waals surface area contributed by atoms with Crippen LogP contribution in [0.2, 0.25) is 0 Å². The molecule has 0 heterocycles. The van der Waals surface area contributed by atoms with Gasteiger partial charge in [-0.25, -0.2) is 8.78 Å². The summed E-state index contributed by atoms with van der Waals surface area (Å²) in [5.41, 5.74) is 0.0868. The van der Waals surface area contributed by atoms with Crippen molar-refractivity contribution in [2.75, 3.05) is 7.11 Å². The van der Waals surface area contributed by atoms with Crippen molar-refractivity contribution in [1.82, 2.24) is 0 Å². The van der Waals surface area contributed by atoms with Crippen LogP contribution in [0.5, 0.6) is 5.75 Å². The van der Waals surface area contributed by atoms with E-state index in [0.717, 1.165) is 12.1 Å². The van der Waals surface area contributed by atoms with Crippen molar-refractivity contribution < 1.29 is 23.4 Å². The number of aliphatic carboxylic acids is 1. The summed E-state index contributed by atoms with van der Waals surface area (Å²) in [7, 11) is 1.25. The average Bonchev–Trinajstić information content (AvgIpc) is 2.23. The molecule has 0 bridgehead atoms. The van der Waals surface area contributed by atoms with E-state index in [-0.39, 0.29) is 30.6 Å². The minimum atomic E-state index is -0.962. The number of carboxylic acids is 1. The van der Waals surface area contributed by atoms with E-state index < -0.39 is 17.6 Å². The zero-order chi connectivity index (χ0) is 12.1. The van der Waals surface area contributed by atoms with Gasteiger partial charge >= 0.3 is 5.97 Å². The predicted molar refractivity (Wildman–Crippen MR) is 53.5 cm³/mol. The standard InChI is InChI=1S/C11H12F2O3/c1-16-11-7(3-2-4-10(14)15)8(12)5-6-9(11)13/h5-6H,2-4H2,1H3,(H,14,15). The van der Waals surface area contributed by atoms with Crippen LogP contribution in [0.1, 0.15) is 18.4 Å². The molecule has 0 aliphatic heterocycles. The smallest absolute Gasteiger partial charge is 0.303 e. The largest absolute Gasteiger partial charge is 0.493 e. The van der Waals surface area contributed by atoms with Crippen LogP contribution in [0, 0.1) is 11.6 Å². The molecule has 0 saturated heterocycles. The first-order valence-corrected chi connectivity index (χ1v) is 4.79. The Morgan fingerprint density at radius 3 is 2.56 bits per heavy atom. The number of benzene rings is 1. The van der Waals surface area contributed by atoms with Gasteiger partial charge in [0.15, 0.2) is 11.6 Å². The Morgan fingerprint density at radius 2 is 2.00 bits per heavy atom. The number of hydrogen-bond acceptors (Lipinski definition) is 2. The summed E-state index contributed by atoms with van der Waals surface area (Å²) in [5.74, 6) is -2.33. The number of ether oxygens (including phenoxy) is 1. The lowest BCUT2D eigenvalue weighted by Crippen LogP contribution is -2.01. The number of carboxylic acid groups (broad SMARTS) is 1. The van der Waals surface area contributed by atoms with Crippen molar-refractivity contribution in [3.8, 4) is 5.75 Å². The van der Waals surface area contributed by atoms with Crippen LogP contribution in [-0.4, -0.2) is 18.2 Å². The summed E-state index contributed by atoms with van der Waals surface area (Å²) in [4.78, 5) is 10.3. The average molecular weight is 230 g/mol. The van der Waals surface area contributed by atoms with Gasteiger partial charge in [-0.1, -0.05) is 0 Å². The van der Waals surface area contributed by atoms with Gasteiger partial charge in [-0.05, 0) is 25.0 Å². The van der Waals surface area contributed by atoms with Crippen LogP contribution >= 0.6 is 0 Å². The van der Waals surface area contributed by atoms with Crippen molar-refractivity contribution >= 4 is 5.97 Å². The fourth-order valence-corrected chi connectivity index (χ4v) is 1.45. The molecule has 0 fully saturated rings. The Hall–Kier alpha value is -1.65. The Kier molecular flexibility index (Phi) is 4.22. The van der Waals surface area contributed by atoms with E-state index in [0.29, 0.717) is 0 Å². The zero-order valence-electron chi connectivity index (χ0n) is 8.80. The van der Waals surface area contributed by atoms with Crippen molar-refractivity contribution in [2.24, 2.45) is 0 Å². The van der Waals surface area contributed by atoms with Gasteiger partial charge in [-0.3, -0.25) is 4.79 Å². The number of hydrogen-bond donors (Lipinski definition) is 1. The van der Waals surface area contributed by atoms with Gasteiger partial charge in [0.25, 0.3) is 0 Å². The van der Waals surface area contributed by atoms with Crippen molar-refractivity contribution in [2.45, 2.75) is 19.3 Å². The second-order valence-corrected chi connectivity index (χ2v) is 3.29. The first-order chi connectivity index (χ1) is 7.56. The molecule has 1 rings (SSSR count). The summed E-state index contributed by atoms with van der Waals surface area (Å²) in [5, 5.41) is 8.44. The van der Waals surface area contributed by atoms with E-state index >= 15 is 0 Å². The molecule has 0 spiro atoms. The molecule has 0 aliphatic carbocycles. The van der Waals surface area contributed by atoms with E-state index in [2.05, 4.69) is 0 Å². The third kappa shape index (κ3) is 2.92. The maximum atomic E-state index is 13.3. The molecule has 3 nitrogen and oxygen atoms in total. The van der Waals surface area contributed by atoms with Gasteiger partial charge in [-0.15, -0.1) is 0 Å². The molecule has 0 saturated carbocycles. The highest BCUT2D eigenvalue weighted by Crippen LogP contribution is 2.26. The van der Waals surface area contributed by atoms with E-state index in [9.17, 15) is 13.6 Å². The molecule has 0 atom stereocenters. The molecule has 16 heavy (non-hydrogen) atoms. The number of halogens is 2. The number of rotatable bonds is 5. The molecule has 0 aliphatic rings. The first kappa shape index (κ1) is 12.4. The van der Waals surface area contributed by atoms with Gasteiger partial charge in [0, 0.05) is 12.0 Å². The highest BCUT2D eigenvalue weighted by molar-refractivity contribution is 5.66. The third-order valence-corrected chi connectivity index (χ3v) is 2.18. The van der Waals surface area contributed by atoms with Crippen LogP contribution < -0.4 is 4.74 Å². The molecule has 1 aromatic rings.